The summed E-state index contributed by atoms with van der Waals surface area (Å²) in [6.45, 7) is 4.36. The highest BCUT2D eigenvalue weighted by Crippen LogP contribution is 2.18. The summed E-state index contributed by atoms with van der Waals surface area (Å²) in [6, 6.07) is 9.31. The SMILES string of the molecule is CCCSCC(NC)c1ccc(C)cc1. The summed E-state index contributed by atoms with van der Waals surface area (Å²) in [5.74, 6) is 2.41. The zero-order valence-electron chi connectivity index (χ0n) is 9.92. The van der Waals surface area contributed by atoms with Crippen molar-refractivity contribution >= 4 is 11.8 Å². The summed E-state index contributed by atoms with van der Waals surface area (Å²) in [4.78, 5) is 0. The highest BCUT2D eigenvalue weighted by molar-refractivity contribution is 7.99. The summed E-state index contributed by atoms with van der Waals surface area (Å²) >= 11 is 2.02. The van der Waals surface area contributed by atoms with E-state index in [-0.39, 0.29) is 0 Å². The van der Waals surface area contributed by atoms with Gasteiger partial charge in [0, 0.05) is 11.8 Å². The zero-order chi connectivity index (χ0) is 11.1. The Balaban J connectivity index is 2.53. The highest BCUT2D eigenvalue weighted by atomic mass is 32.2. The molecule has 1 N–H and O–H groups in total. The van der Waals surface area contributed by atoms with E-state index in [1.54, 1.807) is 0 Å². The van der Waals surface area contributed by atoms with Crippen LogP contribution in [0.25, 0.3) is 0 Å². The van der Waals surface area contributed by atoms with Gasteiger partial charge >= 0.3 is 0 Å². The van der Waals surface area contributed by atoms with E-state index in [0.717, 1.165) is 5.75 Å². The predicted octanol–water partition coefficient (Wildman–Crippen LogP) is 3.40. The van der Waals surface area contributed by atoms with Crippen molar-refractivity contribution in [3.05, 3.63) is 35.4 Å². The van der Waals surface area contributed by atoms with Crippen LogP contribution in [0.5, 0.6) is 0 Å². The van der Waals surface area contributed by atoms with E-state index >= 15 is 0 Å². The molecule has 1 rings (SSSR count). The summed E-state index contributed by atoms with van der Waals surface area (Å²) in [7, 11) is 2.04. The maximum Gasteiger partial charge on any atom is 0.0409 e. The first-order valence-corrected chi connectivity index (χ1v) is 6.75. The number of nitrogens with one attached hydrogen (secondary N) is 1. The zero-order valence-corrected chi connectivity index (χ0v) is 10.7. The second kappa shape index (κ2) is 6.91. The fourth-order valence-corrected chi connectivity index (χ4v) is 2.54. The molecule has 1 aromatic rings. The van der Waals surface area contributed by atoms with Crippen molar-refractivity contribution in [1.82, 2.24) is 5.32 Å². The van der Waals surface area contributed by atoms with Crippen LogP contribution in [-0.4, -0.2) is 18.6 Å². The van der Waals surface area contributed by atoms with Crippen molar-refractivity contribution in [2.75, 3.05) is 18.6 Å². The van der Waals surface area contributed by atoms with Crippen molar-refractivity contribution in [3.63, 3.8) is 0 Å². The quantitative estimate of drug-likeness (QED) is 0.742. The lowest BCUT2D eigenvalue weighted by molar-refractivity contribution is 0.661. The Hall–Kier alpha value is -0.470. The van der Waals surface area contributed by atoms with E-state index in [4.69, 9.17) is 0 Å². The third-order valence-corrected chi connectivity index (χ3v) is 3.73. The molecule has 0 fully saturated rings. The standard InChI is InChI=1S/C13H21NS/c1-4-9-15-10-13(14-3)12-7-5-11(2)6-8-12/h5-8,13-14H,4,9-10H2,1-3H3. The van der Waals surface area contributed by atoms with Crippen LogP contribution in [0.15, 0.2) is 24.3 Å². The van der Waals surface area contributed by atoms with Crippen LogP contribution in [0.4, 0.5) is 0 Å². The lowest BCUT2D eigenvalue weighted by Gasteiger charge is -2.16. The Morgan fingerprint density at radius 3 is 2.47 bits per heavy atom. The maximum atomic E-state index is 3.38. The van der Waals surface area contributed by atoms with Crippen molar-refractivity contribution in [2.24, 2.45) is 0 Å². The number of hydrogen-bond donors (Lipinski definition) is 1. The van der Waals surface area contributed by atoms with Gasteiger partial charge in [0.25, 0.3) is 0 Å². The van der Waals surface area contributed by atoms with E-state index in [1.165, 1.54) is 23.3 Å². The van der Waals surface area contributed by atoms with E-state index in [1.807, 2.05) is 18.8 Å². The number of thioether (sulfide) groups is 1. The van der Waals surface area contributed by atoms with E-state index in [2.05, 4.69) is 43.4 Å². The summed E-state index contributed by atoms with van der Waals surface area (Å²) < 4.78 is 0. The lowest BCUT2D eigenvalue weighted by Crippen LogP contribution is -2.18. The summed E-state index contributed by atoms with van der Waals surface area (Å²) in [5.41, 5.74) is 2.72. The van der Waals surface area contributed by atoms with Crippen molar-refractivity contribution in [2.45, 2.75) is 26.3 Å². The molecule has 0 heterocycles. The molecule has 0 saturated heterocycles. The van der Waals surface area contributed by atoms with Crippen LogP contribution in [0.2, 0.25) is 0 Å². The Bertz CT molecular complexity index is 268. The molecule has 0 saturated carbocycles. The van der Waals surface area contributed by atoms with Crippen LogP contribution < -0.4 is 5.32 Å². The molecule has 0 aliphatic rings. The Morgan fingerprint density at radius 2 is 1.93 bits per heavy atom. The fourth-order valence-electron chi connectivity index (χ4n) is 1.49. The minimum Gasteiger partial charge on any atom is -0.312 e. The smallest absolute Gasteiger partial charge is 0.0409 e. The molecule has 2 heteroatoms. The molecule has 0 spiro atoms. The Kier molecular flexibility index (Phi) is 5.81. The summed E-state index contributed by atoms with van der Waals surface area (Å²) in [5, 5.41) is 3.38. The molecule has 0 aromatic heterocycles. The molecule has 0 aliphatic carbocycles. The van der Waals surface area contributed by atoms with Crippen molar-refractivity contribution < 1.29 is 0 Å². The molecule has 1 atom stereocenters. The largest absolute Gasteiger partial charge is 0.312 e. The van der Waals surface area contributed by atoms with Crippen molar-refractivity contribution in [1.29, 1.82) is 0 Å². The molecular formula is C13H21NS. The number of rotatable bonds is 6. The van der Waals surface area contributed by atoms with Gasteiger partial charge in [-0.3, -0.25) is 0 Å². The number of benzene rings is 1. The molecule has 15 heavy (non-hydrogen) atoms. The first-order valence-electron chi connectivity index (χ1n) is 5.59. The van der Waals surface area contributed by atoms with Crippen LogP contribution in [0, 0.1) is 6.92 Å². The van der Waals surface area contributed by atoms with Gasteiger partial charge in [0.05, 0.1) is 0 Å². The fraction of sp³-hybridized carbons (Fsp3) is 0.538. The minimum atomic E-state index is 0.488. The van der Waals surface area contributed by atoms with Crippen LogP contribution in [-0.2, 0) is 0 Å². The second-order valence-corrected chi connectivity index (χ2v) is 4.98. The van der Waals surface area contributed by atoms with Gasteiger partial charge in [-0.15, -0.1) is 0 Å². The first kappa shape index (κ1) is 12.6. The predicted molar refractivity (Wildman–Crippen MR) is 70.6 cm³/mol. The molecule has 0 amide bonds. The van der Waals surface area contributed by atoms with Crippen LogP contribution in [0.1, 0.15) is 30.5 Å². The number of hydrogen-bond acceptors (Lipinski definition) is 2. The molecule has 0 aliphatic heterocycles. The molecule has 0 bridgehead atoms. The monoisotopic (exact) mass is 223 g/mol. The highest BCUT2D eigenvalue weighted by Gasteiger charge is 2.07. The Labute approximate surface area is 97.7 Å². The molecule has 1 aromatic carbocycles. The average molecular weight is 223 g/mol. The maximum absolute atomic E-state index is 3.38. The number of aryl methyl sites for hydroxylation is 1. The topological polar surface area (TPSA) is 12.0 Å². The third kappa shape index (κ3) is 4.27. The Morgan fingerprint density at radius 1 is 1.27 bits per heavy atom. The minimum absolute atomic E-state index is 0.488. The van der Waals surface area contributed by atoms with Gasteiger partial charge in [-0.05, 0) is 31.7 Å². The van der Waals surface area contributed by atoms with E-state index < -0.39 is 0 Å². The molecule has 0 radical (unpaired) electrons. The second-order valence-electron chi connectivity index (χ2n) is 3.83. The average Bonchev–Trinajstić information content (AvgIpc) is 2.26. The first-order chi connectivity index (χ1) is 7.27. The molecule has 1 unspecified atom stereocenters. The normalized spacial score (nSPS) is 12.7. The van der Waals surface area contributed by atoms with Gasteiger partial charge in [-0.2, -0.15) is 11.8 Å². The van der Waals surface area contributed by atoms with Crippen molar-refractivity contribution in [3.8, 4) is 0 Å². The molecule has 1 nitrogen and oxygen atoms in total. The van der Waals surface area contributed by atoms with Gasteiger partial charge in [-0.25, -0.2) is 0 Å². The molecular weight excluding hydrogens is 202 g/mol. The summed E-state index contributed by atoms with van der Waals surface area (Å²) in [6.07, 6.45) is 1.26. The van der Waals surface area contributed by atoms with Gasteiger partial charge in [0.2, 0.25) is 0 Å². The van der Waals surface area contributed by atoms with Crippen LogP contribution >= 0.6 is 11.8 Å². The van der Waals surface area contributed by atoms with Crippen LogP contribution in [0.3, 0.4) is 0 Å². The van der Waals surface area contributed by atoms with Gasteiger partial charge in [0.1, 0.15) is 0 Å². The van der Waals surface area contributed by atoms with E-state index in [9.17, 15) is 0 Å². The van der Waals surface area contributed by atoms with Gasteiger partial charge < -0.3 is 5.32 Å². The molecule has 84 valence electrons. The van der Waals surface area contributed by atoms with Gasteiger partial charge in [-0.1, -0.05) is 36.8 Å². The van der Waals surface area contributed by atoms with E-state index in [0.29, 0.717) is 6.04 Å². The van der Waals surface area contributed by atoms with Gasteiger partial charge in [0.15, 0.2) is 0 Å². The third-order valence-electron chi connectivity index (χ3n) is 2.46. The lowest BCUT2D eigenvalue weighted by atomic mass is 10.1.